The van der Waals surface area contributed by atoms with E-state index in [0.717, 1.165) is 0 Å². The number of aliphatic hydroxyl groups is 2. The van der Waals surface area contributed by atoms with Gasteiger partial charge in [-0.2, -0.15) is 0 Å². The van der Waals surface area contributed by atoms with Gasteiger partial charge in [0.1, 0.15) is 29.8 Å². The fourth-order valence-corrected chi connectivity index (χ4v) is 3.39. The Morgan fingerprint density at radius 1 is 1.28 bits per heavy atom. The number of aliphatic hydroxyl groups excluding tert-OH is 2. The molecule has 3 rings (SSSR count). The number of furan rings is 1. The van der Waals surface area contributed by atoms with Gasteiger partial charge in [0.2, 0.25) is 5.91 Å². The van der Waals surface area contributed by atoms with Crippen LogP contribution < -0.4 is 5.32 Å². The number of carbonyl (C=O) groups is 2. The SMILES string of the molecule is CC(=O)NC1CCN(C(=O)c2cc([C@@H]3OC[C@@H](O)[C@H]3O)oc2C)CC1. The Morgan fingerprint density at radius 3 is 2.52 bits per heavy atom. The molecule has 0 spiro atoms. The number of carbonyl (C=O) groups excluding carboxylic acids is 2. The number of hydrogen-bond acceptors (Lipinski definition) is 6. The van der Waals surface area contributed by atoms with E-state index in [1.54, 1.807) is 17.9 Å². The third-order valence-corrected chi connectivity index (χ3v) is 4.79. The van der Waals surface area contributed by atoms with E-state index in [4.69, 9.17) is 9.15 Å². The summed E-state index contributed by atoms with van der Waals surface area (Å²) in [5.41, 5.74) is 0.435. The van der Waals surface area contributed by atoms with Crippen LogP contribution in [0.1, 0.15) is 47.7 Å². The number of piperidine rings is 1. The second-order valence-electron chi connectivity index (χ2n) is 6.70. The highest BCUT2D eigenvalue weighted by Gasteiger charge is 2.38. The predicted octanol–water partition coefficient (Wildman–Crippen LogP) is 0.122. The molecule has 138 valence electrons. The molecule has 2 amide bonds. The molecule has 0 aliphatic carbocycles. The van der Waals surface area contributed by atoms with Crippen LogP contribution in [0, 0.1) is 6.92 Å². The Labute approximate surface area is 145 Å². The smallest absolute Gasteiger partial charge is 0.257 e. The summed E-state index contributed by atoms with van der Waals surface area (Å²) in [7, 11) is 0. The van der Waals surface area contributed by atoms with Gasteiger partial charge in [-0.3, -0.25) is 9.59 Å². The number of nitrogens with zero attached hydrogens (tertiary/aromatic N) is 1. The number of rotatable bonds is 3. The van der Waals surface area contributed by atoms with Crippen molar-refractivity contribution in [3.05, 3.63) is 23.2 Å². The van der Waals surface area contributed by atoms with Crippen LogP contribution in [0.3, 0.4) is 0 Å². The maximum atomic E-state index is 12.7. The topological polar surface area (TPSA) is 112 Å². The van der Waals surface area contributed by atoms with Crippen molar-refractivity contribution in [3.63, 3.8) is 0 Å². The minimum atomic E-state index is -1.07. The van der Waals surface area contributed by atoms with Gasteiger partial charge < -0.3 is 29.6 Å². The summed E-state index contributed by atoms with van der Waals surface area (Å²) in [5, 5.41) is 22.4. The van der Waals surface area contributed by atoms with Crippen LogP contribution in [0.4, 0.5) is 0 Å². The number of aryl methyl sites for hydroxylation is 1. The second kappa shape index (κ2) is 7.15. The molecule has 1 aromatic rings. The first-order valence-electron chi connectivity index (χ1n) is 8.51. The highest BCUT2D eigenvalue weighted by atomic mass is 16.5. The number of nitrogens with one attached hydrogen (secondary N) is 1. The van der Waals surface area contributed by atoms with Crippen molar-refractivity contribution < 1.29 is 29.0 Å². The van der Waals surface area contributed by atoms with E-state index in [-0.39, 0.29) is 24.5 Å². The van der Waals surface area contributed by atoms with Crippen molar-refractivity contribution in [1.82, 2.24) is 10.2 Å². The van der Waals surface area contributed by atoms with E-state index in [1.165, 1.54) is 6.92 Å². The standard InChI is InChI=1S/C17H24N2O6/c1-9-12(7-14(25-9)16-15(22)13(21)8-24-16)17(23)19-5-3-11(4-6-19)18-10(2)20/h7,11,13,15-16,21-22H,3-6,8H2,1-2H3,(H,18,20)/t13-,15-,16+/m1/s1. The van der Waals surface area contributed by atoms with E-state index in [2.05, 4.69) is 5.32 Å². The van der Waals surface area contributed by atoms with Gasteiger partial charge in [-0.05, 0) is 25.8 Å². The first-order valence-corrected chi connectivity index (χ1v) is 8.51. The lowest BCUT2D eigenvalue weighted by molar-refractivity contribution is -0.119. The van der Waals surface area contributed by atoms with Crippen LogP contribution in [0.25, 0.3) is 0 Å². The third-order valence-electron chi connectivity index (χ3n) is 4.79. The van der Waals surface area contributed by atoms with Crippen molar-refractivity contribution >= 4 is 11.8 Å². The van der Waals surface area contributed by atoms with Gasteiger partial charge in [-0.15, -0.1) is 0 Å². The fourth-order valence-electron chi connectivity index (χ4n) is 3.39. The lowest BCUT2D eigenvalue weighted by atomic mass is 10.0. The number of hydrogen-bond donors (Lipinski definition) is 3. The fraction of sp³-hybridized carbons (Fsp3) is 0.647. The Balaban J connectivity index is 1.66. The van der Waals surface area contributed by atoms with Gasteiger partial charge in [-0.1, -0.05) is 0 Å². The lowest BCUT2D eigenvalue weighted by Gasteiger charge is -2.32. The zero-order valence-electron chi connectivity index (χ0n) is 14.4. The summed E-state index contributed by atoms with van der Waals surface area (Å²) < 4.78 is 11.0. The third kappa shape index (κ3) is 3.70. The summed E-state index contributed by atoms with van der Waals surface area (Å²) in [6.07, 6.45) is -1.36. The molecule has 0 saturated carbocycles. The van der Waals surface area contributed by atoms with Gasteiger partial charge in [0, 0.05) is 26.1 Å². The monoisotopic (exact) mass is 352 g/mol. The molecular formula is C17H24N2O6. The molecule has 0 radical (unpaired) electrons. The summed E-state index contributed by atoms with van der Waals surface area (Å²) in [6, 6.07) is 1.69. The van der Waals surface area contributed by atoms with E-state index in [9.17, 15) is 19.8 Å². The Morgan fingerprint density at radius 2 is 1.96 bits per heavy atom. The molecule has 2 aliphatic heterocycles. The largest absolute Gasteiger partial charge is 0.463 e. The summed E-state index contributed by atoms with van der Waals surface area (Å²) in [5.74, 6) is 0.610. The van der Waals surface area contributed by atoms with Gasteiger partial charge in [0.05, 0.1) is 12.2 Å². The summed E-state index contributed by atoms with van der Waals surface area (Å²) in [4.78, 5) is 25.6. The Bertz CT molecular complexity index is 650. The molecule has 2 saturated heterocycles. The average Bonchev–Trinajstić information content (AvgIpc) is 3.10. The molecule has 3 heterocycles. The van der Waals surface area contributed by atoms with Crippen LogP contribution in [0.15, 0.2) is 10.5 Å². The van der Waals surface area contributed by atoms with E-state index < -0.39 is 18.3 Å². The molecule has 2 fully saturated rings. The maximum absolute atomic E-state index is 12.7. The van der Waals surface area contributed by atoms with Crippen molar-refractivity contribution in [2.75, 3.05) is 19.7 Å². The molecule has 3 N–H and O–H groups in total. The molecule has 25 heavy (non-hydrogen) atoms. The molecule has 0 aromatic carbocycles. The first kappa shape index (κ1) is 17.9. The highest BCUT2D eigenvalue weighted by molar-refractivity contribution is 5.95. The maximum Gasteiger partial charge on any atom is 0.257 e. The number of likely N-dealkylation sites (tertiary alicyclic amines) is 1. The zero-order valence-corrected chi connectivity index (χ0v) is 14.4. The molecule has 0 unspecified atom stereocenters. The normalized spacial score (nSPS) is 27.5. The Kier molecular flexibility index (Phi) is 5.12. The number of ether oxygens (including phenoxy) is 1. The summed E-state index contributed by atoms with van der Waals surface area (Å²) in [6.45, 7) is 4.34. The average molecular weight is 352 g/mol. The van der Waals surface area contributed by atoms with E-state index >= 15 is 0 Å². The highest BCUT2D eigenvalue weighted by Crippen LogP contribution is 2.32. The zero-order chi connectivity index (χ0) is 18.1. The molecular weight excluding hydrogens is 328 g/mol. The van der Waals surface area contributed by atoms with Crippen LogP contribution >= 0.6 is 0 Å². The summed E-state index contributed by atoms with van der Waals surface area (Å²) >= 11 is 0. The van der Waals surface area contributed by atoms with Crippen LogP contribution in [0.2, 0.25) is 0 Å². The molecule has 2 aliphatic rings. The predicted molar refractivity (Wildman–Crippen MR) is 86.9 cm³/mol. The lowest BCUT2D eigenvalue weighted by Crippen LogP contribution is -2.46. The van der Waals surface area contributed by atoms with Crippen LogP contribution in [-0.4, -0.2) is 64.9 Å². The first-order chi connectivity index (χ1) is 11.9. The van der Waals surface area contributed by atoms with Crippen molar-refractivity contribution in [2.24, 2.45) is 0 Å². The van der Waals surface area contributed by atoms with Crippen LogP contribution in [0.5, 0.6) is 0 Å². The van der Waals surface area contributed by atoms with E-state index in [0.29, 0.717) is 43.0 Å². The van der Waals surface area contributed by atoms with Crippen molar-refractivity contribution in [1.29, 1.82) is 0 Å². The second-order valence-corrected chi connectivity index (χ2v) is 6.70. The molecule has 0 bridgehead atoms. The molecule has 8 nitrogen and oxygen atoms in total. The molecule has 3 atom stereocenters. The minimum Gasteiger partial charge on any atom is -0.463 e. The van der Waals surface area contributed by atoms with Gasteiger partial charge in [0.15, 0.2) is 0 Å². The van der Waals surface area contributed by atoms with Gasteiger partial charge in [0.25, 0.3) is 5.91 Å². The van der Waals surface area contributed by atoms with Crippen LogP contribution in [-0.2, 0) is 9.53 Å². The van der Waals surface area contributed by atoms with Crippen molar-refractivity contribution in [3.8, 4) is 0 Å². The van der Waals surface area contributed by atoms with Crippen molar-refractivity contribution in [2.45, 2.75) is 51.0 Å². The van der Waals surface area contributed by atoms with Gasteiger partial charge >= 0.3 is 0 Å². The number of amides is 2. The van der Waals surface area contributed by atoms with E-state index in [1.807, 2.05) is 0 Å². The molecule has 1 aromatic heterocycles. The quantitative estimate of drug-likeness (QED) is 0.712. The van der Waals surface area contributed by atoms with Gasteiger partial charge in [-0.25, -0.2) is 0 Å². The Hall–Kier alpha value is -1.90. The minimum absolute atomic E-state index is 0.0333. The molecule has 8 heteroatoms.